The summed E-state index contributed by atoms with van der Waals surface area (Å²) < 4.78 is 12.8. The fourth-order valence-electron chi connectivity index (χ4n) is 2.35. The normalized spacial score (nSPS) is 24.0. The van der Waals surface area contributed by atoms with Gasteiger partial charge in [0.05, 0.1) is 0 Å². The lowest BCUT2D eigenvalue weighted by Crippen LogP contribution is -2.27. The van der Waals surface area contributed by atoms with E-state index in [1.54, 1.807) is 12.1 Å². The van der Waals surface area contributed by atoms with Crippen LogP contribution in [0.5, 0.6) is 0 Å². The van der Waals surface area contributed by atoms with E-state index < -0.39 is 6.09 Å². The average Bonchev–Trinajstić information content (AvgIpc) is 2.74. The van der Waals surface area contributed by atoms with Crippen molar-refractivity contribution in [2.75, 3.05) is 19.6 Å². The van der Waals surface area contributed by atoms with Gasteiger partial charge in [0.25, 0.3) is 0 Å². The van der Waals surface area contributed by atoms with Gasteiger partial charge in [-0.1, -0.05) is 12.1 Å². The second-order valence-electron chi connectivity index (χ2n) is 4.34. The van der Waals surface area contributed by atoms with Crippen LogP contribution in [0.2, 0.25) is 0 Å². The third kappa shape index (κ3) is 2.39. The maximum Gasteiger partial charge on any atom is 0.407 e. The van der Waals surface area contributed by atoms with Gasteiger partial charge < -0.3 is 15.7 Å². The first kappa shape index (κ1) is 11.9. The number of likely N-dealkylation sites (tertiary alicyclic amines) is 1. The van der Waals surface area contributed by atoms with Gasteiger partial charge in [0.2, 0.25) is 0 Å². The van der Waals surface area contributed by atoms with Crippen LogP contribution >= 0.6 is 0 Å². The molecule has 5 heteroatoms. The highest BCUT2D eigenvalue weighted by molar-refractivity contribution is 5.65. The number of carboxylic acid groups (broad SMARTS) is 1. The third-order valence-corrected chi connectivity index (χ3v) is 3.31. The number of carbonyl (C=O) groups is 1. The maximum absolute atomic E-state index is 12.8. The fourth-order valence-corrected chi connectivity index (χ4v) is 2.35. The van der Waals surface area contributed by atoms with Gasteiger partial charge in [0, 0.05) is 19.0 Å². The van der Waals surface area contributed by atoms with Crippen LogP contribution in [0.1, 0.15) is 11.5 Å². The van der Waals surface area contributed by atoms with E-state index in [0.717, 1.165) is 5.56 Å². The van der Waals surface area contributed by atoms with Crippen molar-refractivity contribution in [2.45, 2.75) is 5.92 Å². The Kier molecular flexibility index (Phi) is 3.28. The number of hydrogen-bond donors (Lipinski definition) is 2. The molecule has 1 aliphatic heterocycles. The van der Waals surface area contributed by atoms with Gasteiger partial charge in [-0.2, -0.15) is 0 Å². The molecule has 2 atom stereocenters. The first-order valence-corrected chi connectivity index (χ1v) is 5.55. The molecule has 0 aromatic heterocycles. The lowest BCUT2D eigenvalue weighted by atomic mass is 9.89. The Morgan fingerprint density at radius 1 is 1.41 bits per heavy atom. The summed E-state index contributed by atoms with van der Waals surface area (Å²) in [6.07, 6.45) is -0.923. The lowest BCUT2D eigenvalue weighted by molar-refractivity contribution is 0.154. The van der Waals surface area contributed by atoms with Crippen LogP contribution in [0.3, 0.4) is 0 Å². The SMILES string of the molecule is NCC1CN(C(=O)O)CC1c1ccc(F)cc1. The molecule has 0 radical (unpaired) electrons. The average molecular weight is 238 g/mol. The van der Waals surface area contributed by atoms with Crippen LogP contribution in [0, 0.1) is 11.7 Å². The molecule has 1 aromatic carbocycles. The zero-order valence-corrected chi connectivity index (χ0v) is 9.34. The van der Waals surface area contributed by atoms with Crippen LogP contribution in [0.15, 0.2) is 24.3 Å². The Hall–Kier alpha value is -1.62. The molecule has 0 bridgehead atoms. The zero-order valence-electron chi connectivity index (χ0n) is 9.34. The highest BCUT2D eigenvalue weighted by atomic mass is 19.1. The second-order valence-corrected chi connectivity index (χ2v) is 4.34. The molecule has 4 nitrogen and oxygen atoms in total. The maximum atomic E-state index is 12.8. The van der Waals surface area contributed by atoms with E-state index in [1.807, 2.05) is 0 Å². The Morgan fingerprint density at radius 2 is 2.06 bits per heavy atom. The summed E-state index contributed by atoms with van der Waals surface area (Å²) in [5.41, 5.74) is 6.61. The van der Waals surface area contributed by atoms with Crippen molar-refractivity contribution in [2.24, 2.45) is 11.7 Å². The molecule has 1 heterocycles. The van der Waals surface area contributed by atoms with Crippen molar-refractivity contribution >= 4 is 6.09 Å². The number of benzene rings is 1. The number of hydrogen-bond acceptors (Lipinski definition) is 2. The molecule has 17 heavy (non-hydrogen) atoms. The van der Waals surface area contributed by atoms with Crippen molar-refractivity contribution in [3.8, 4) is 0 Å². The molecular weight excluding hydrogens is 223 g/mol. The zero-order chi connectivity index (χ0) is 12.4. The van der Waals surface area contributed by atoms with E-state index in [9.17, 15) is 9.18 Å². The van der Waals surface area contributed by atoms with Crippen LogP contribution in [-0.4, -0.2) is 35.7 Å². The molecule has 92 valence electrons. The number of amides is 1. The van der Waals surface area contributed by atoms with Gasteiger partial charge in [-0.15, -0.1) is 0 Å². The minimum absolute atomic E-state index is 0.0664. The molecule has 2 unspecified atom stereocenters. The van der Waals surface area contributed by atoms with Crippen molar-refractivity contribution in [1.82, 2.24) is 4.90 Å². The van der Waals surface area contributed by atoms with Crippen molar-refractivity contribution in [1.29, 1.82) is 0 Å². The summed E-state index contributed by atoms with van der Waals surface area (Å²) >= 11 is 0. The Morgan fingerprint density at radius 3 is 2.59 bits per heavy atom. The number of nitrogens with two attached hydrogens (primary N) is 1. The smallest absolute Gasteiger partial charge is 0.407 e. The Balaban J connectivity index is 2.19. The first-order chi connectivity index (χ1) is 8.11. The van der Waals surface area contributed by atoms with Crippen LogP contribution in [-0.2, 0) is 0 Å². The highest BCUT2D eigenvalue weighted by Gasteiger charge is 2.35. The van der Waals surface area contributed by atoms with Crippen LogP contribution in [0.4, 0.5) is 9.18 Å². The lowest BCUT2D eigenvalue weighted by Gasteiger charge is -2.16. The van der Waals surface area contributed by atoms with Gasteiger partial charge >= 0.3 is 6.09 Å². The largest absolute Gasteiger partial charge is 0.465 e. The van der Waals surface area contributed by atoms with E-state index in [1.165, 1.54) is 17.0 Å². The summed E-state index contributed by atoms with van der Waals surface area (Å²) in [4.78, 5) is 12.3. The van der Waals surface area contributed by atoms with Crippen molar-refractivity contribution in [3.63, 3.8) is 0 Å². The van der Waals surface area contributed by atoms with Gasteiger partial charge in [-0.05, 0) is 30.2 Å². The van der Waals surface area contributed by atoms with E-state index >= 15 is 0 Å². The predicted octanol–water partition coefficient (Wildman–Crippen LogP) is 1.48. The molecule has 1 fully saturated rings. The van der Waals surface area contributed by atoms with Gasteiger partial charge in [0.1, 0.15) is 5.82 Å². The molecule has 0 spiro atoms. The molecule has 1 saturated heterocycles. The number of rotatable bonds is 2. The first-order valence-electron chi connectivity index (χ1n) is 5.55. The quantitative estimate of drug-likeness (QED) is 0.820. The molecule has 0 aliphatic carbocycles. The topological polar surface area (TPSA) is 66.6 Å². The summed E-state index contributed by atoms with van der Waals surface area (Å²) in [6.45, 7) is 1.32. The van der Waals surface area contributed by atoms with Crippen molar-refractivity contribution < 1.29 is 14.3 Å². The molecular formula is C12H15FN2O2. The monoisotopic (exact) mass is 238 g/mol. The minimum atomic E-state index is -0.923. The molecule has 3 N–H and O–H groups in total. The Bertz CT molecular complexity index is 407. The van der Waals surface area contributed by atoms with Crippen molar-refractivity contribution in [3.05, 3.63) is 35.6 Å². The molecule has 1 aromatic rings. The summed E-state index contributed by atoms with van der Waals surface area (Å²) in [5.74, 6) is -0.112. The number of nitrogens with zero attached hydrogens (tertiary/aromatic N) is 1. The molecule has 0 saturated carbocycles. The molecule has 1 amide bonds. The van der Waals surface area contributed by atoms with E-state index in [4.69, 9.17) is 10.8 Å². The van der Waals surface area contributed by atoms with Gasteiger partial charge in [-0.25, -0.2) is 9.18 Å². The van der Waals surface area contributed by atoms with Crippen LogP contribution in [0.25, 0.3) is 0 Å². The highest BCUT2D eigenvalue weighted by Crippen LogP contribution is 2.32. The Labute approximate surface area is 98.8 Å². The van der Waals surface area contributed by atoms with E-state index in [-0.39, 0.29) is 17.7 Å². The summed E-state index contributed by atoms with van der Waals surface area (Å²) in [5, 5.41) is 8.96. The summed E-state index contributed by atoms with van der Waals surface area (Å²) in [6, 6.07) is 6.20. The third-order valence-electron chi connectivity index (χ3n) is 3.31. The molecule has 1 aliphatic rings. The predicted molar refractivity (Wildman–Crippen MR) is 61.3 cm³/mol. The standard InChI is InChI=1S/C12H15FN2O2/c13-10-3-1-8(2-4-10)11-7-15(12(16)17)6-9(11)5-14/h1-4,9,11H,5-7,14H2,(H,16,17). The van der Waals surface area contributed by atoms with Gasteiger partial charge in [-0.3, -0.25) is 0 Å². The number of halogens is 1. The van der Waals surface area contributed by atoms with E-state index in [0.29, 0.717) is 19.6 Å². The molecule has 2 rings (SSSR count). The van der Waals surface area contributed by atoms with Crippen LogP contribution < -0.4 is 5.73 Å². The minimum Gasteiger partial charge on any atom is -0.465 e. The van der Waals surface area contributed by atoms with Gasteiger partial charge in [0.15, 0.2) is 0 Å². The van der Waals surface area contributed by atoms with E-state index in [2.05, 4.69) is 0 Å². The fraction of sp³-hybridized carbons (Fsp3) is 0.417. The second kappa shape index (κ2) is 4.71. The summed E-state index contributed by atoms with van der Waals surface area (Å²) in [7, 11) is 0.